The van der Waals surface area contributed by atoms with Gasteiger partial charge in [0.2, 0.25) is 10.0 Å². The lowest BCUT2D eigenvalue weighted by molar-refractivity contribution is 0.0979. The average molecular weight is 315 g/mol. The average Bonchev–Trinajstić information content (AvgIpc) is 2.99. The Morgan fingerprint density at radius 2 is 2.00 bits per heavy atom. The molecular weight excluding hydrogens is 294 g/mol. The third-order valence-electron chi connectivity index (χ3n) is 3.55. The SMILES string of the molecule is COc1ccc(S(=O)(=O)N(C)CC2CCCO2)cc1OC. The van der Waals surface area contributed by atoms with Crippen LogP contribution in [0.25, 0.3) is 0 Å². The van der Waals surface area contributed by atoms with Crippen molar-refractivity contribution in [3.63, 3.8) is 0 Å². The summed E-state index contributed by atoms with van der Waals surface area (Å²) in [5, 5.41) is 0. The molecule has 0 aromatic heterocycles. The van der Waals surface area contributed by atoms with Crippen molar-refractivity contribution >= 4 is 10.0 Å². The van der Waals surface area contributed by atoms with Crippen molar-refractivity contribution in [2.75, 3.05) is 34.4 Å². The number of methoxy groups -OCH3 is 2. The van der Waals surface area contributed by atoms with Crippen molar-refractivity contribution in [2.45, 2.75) is 23.8 Å². The number of likely N-dealkylation sites (N-methyl/N-ethyl adjacent to an activating group) is 1. The van der Waals surface area contributed by atoms with E-state index in [0.717, 1.165) is 12.8 Å². The number of sulfonamides is 1. The van der Waals surface area contributed by atoms with Gasteiger partial charge in [0.15, 0.2) is 11.5 Å². The van der Waals surface area contributed by atoms with Gasteiger partial charge in [-0.25, -0.2) is 8.42 Å². The van der Waals surface area contributed by atoms with E-state index >= 15 is 0 Å². The van der Waals surface area contributed by atoms with E-state index in [1.165, 1.54) is 30.7 Å². The molecule has 6 nitrogen and oxygen atoms in total. The van der Waals surface area contributed by atoms with E-state index in [9.17, 15) is 8.42 Å². The molecule has 1 heterocycles. The monoisotopic (exact) mass is 315 g/mol. The lowest BCUT2D eigenvalue weighted by atomic mass is 10.2. The summed E-state index contributed by atoms with van der Waals surface area (Å²) in [7, 11) is 0.983. The van der Waals surface area contributed by atoms with E-state index in [-0.39, 0.29) is 11.0 Å². The molecule has 21 heavy (non-hydrogen) atoms. The fourth-order valence-corrected chi connectivity index (χ4v) is 3.55. The van der Waals surface area contributed by atoms with E-state index in [2.05, 4.69) is 0 Å². The zero-order chi connectivity index (χ0) is 15.5. The Morgan fingerprint density at radius 3 is 2.57 bits per heavy atom. The summed E-state index contributed by atoms with van der Waals surface area (Å²) in [6.45, 7) is 1.06. The van der Waals surface area contributed by atoms with Crippen LogP contribution in [0.1, 0.15) is 12.8 Å². The smallest absolute Gasteiger partial charge is 0.243 e. The maximum Gasteiger partial charge on any atom is 0.243 e. The van der Waals surface area contributed by atoms with Crippen molar-refractivity contribution in [3.8, 4) is 11.5 Å². The van der Waals surface area contributed by atoms with Gasteiger partial charge in [-0.15, -0.1) is 0 Å². The van der Waals surface area contributed by atoms with Gasteiger partial charge in [0.1, 0.15) is 0 Å². The highest BCUT2D eigenvalue weighted by atomic mass is 32.2. The summed E-state index contributed by atoms with van der Waals surface area (Å²) in [6.07, 6.45) is 1.85. The molecule has 0 spiro atoms. The standard InChI is InChI=1S/C14H21NO5S/c1-15(10-11-5-4-8-20-11)21(16,17)12-6-7-13(18-2)14(9-12)19-3/h6-7,9,11H,4-5,8,10H2,1-3H3. The molecule has 1 atom stereocenters. The Hall–Kier alpha value is -1.31. The summed E-state index contributed by atoms with van der Waals surface area (Å²) in [6, 6.07) is 4.58. The number of benzene rings is 1. The number of rotatable bonds is 6. The Morgan fingerprint density at radius 1 is 1.29 bits per heavy atom. The summed E-state index contributed by atoms with van der Waals surface area (Å²) >= 11 is 0. The van der Waals surface area contributed by atoms with Crippen LogP contribution in [0.3, 0.4) is 0 Å². The maximum atomic E-state index is 12.6. The van der Waals surface area contributed by atoms with Crippen LogP contribution in [0, 0.1) is 0 Å². The highest BCUT2D eigenvalue weighted by Crippen LogP contribution is 2.30. The van der Waals surface area contributed by atoms with Crippen LogP contribution in [0.5, 0.6) is 11.5 Å². The quantitative estimate of drug-likeness (QED) is 0.796. The Bertz CT molecular complexity index is 581. The fraction of sp³-hybridized carbons (Fsp3) is 0.571. The molecule has 7 heteroatoms. The van der Waals surface area contributed by atoms with Gasteiger partial charge in [-0.05, 0) is 25.0 Å². The number of ether oxygens (including phenoxy) is 3. The van der Waals surface area contributed by atoms with E-state index in [0.29, 0.717) is 24.7 Å². The van der Waals surface area contributed by atoms with Gasteiger partial charge in [0, 0.05) is 26.3 Å². The normalized spacial score (nSPS) is 19.0. The summed E-state index contributed by atoms with van der Waals surface area (Å²) in [5.41, 5.74) is 0. The van der Waals surface area contributed by atoms with Gasteiger partial charge in [0.05, 0.1) is 25.2 Å². The van der Waals surface area contributed by atoms with E-state index in [1.807, 2.05) is 0 Å². The third kappa shape index (κ3) is 3.48. The maximum absolute atomic E-state index is 12.6. The molecule has 0 amide bonds. The molecule has 0 saturated carbocycles. The zero-order valence-electron chi connectivity index (χ0n) is 12.5. The minimum atomic E-state index is -3.57. The highest BCUT2D eigenvalue weighted by molar-refractivity contribution is 7.89. The molecule has 1 aromatic rings. The first-order valence-corrected chi connectivity index (χ1v) is 8.23. The molecular formula is C14H21NO5S. The van der Waals surface area contributed by atoms with E-state index < -0.39 is 10.0 Å². The van der Waals surface area contributed by atoms with Gasteiger partial charge >= 0.3 is 0 Å². The molecule has 1 aromatic carbocycles. The number of hydrogen-bond acceptors (Lipinski definition) is 5. The van der Waals surface area contributed by atoms with Gasteiger partial charge < -0.3 is 14.2 Å². The molecule has 1 aliphatic heterocycles. The fourth-order valence-electron chi connectivity index (χ4n) is 2.33. The number of nitrogens with zero attached hydrogens (tertiary/aromatic N) is 1. The van der Waals surface area contributed by atoms with Gasteiger partial charge in [-0.2, -0.15) is 4.31 Å². The Balaban J connectivity index is 2.21. The van der Waals surface area contributed by atoms with Crippen molar-refractivity contribution in [3.05, 3.63) is 18.2 Å². The van der Waals surface area contributed by atoms with E-state index in [4.69, 9.17) is 14.2 Å². The van der Waals surface area contributed by atoms with Gasteiger partial charge in [-0.1, -0.05) is 0 Å². The summed E-state index contributed by atoms with van der Waals surface area (Å²) < 4.78 is 42.2. The molecule has 0 radical (unpaired) electrons. The second-order valence-corrected chi connectivity index (χ2v) is 6.98. The first-order chi connectivity index (χ1) is 9.98. The lowest BCUT2D eigenvalue weighted by Gasteiger charge is -2.21. The van der Waals surface area contributed by atoms with Crippen LogP contribution >= 0.6 is 0 Å². The first-order valence-electron chi connectivity index (χ1n) is 6.79. The van der Waals surface area contributed by atoms with E-state index in [1.54, 1.807) is 13.1 Å². The molecule has 0 N–H and O–H groups in total. The largest absolute Gasteiger partial charge is 0.493 e. The van der Waals surface area contributed by atoms with Gasteiger partial charge in [-0.3, -0.25) is 0 Å². The topological polar surface area (TPSA) is 65.1 Å². The molecule has 0 aliphatic carbocycles. The molecule has 1 aliphatic rings. The van der Waals surface area contributed by atoms with Crippen LogP contribution in [0.2, 0.25) is 0 Å². The third-order valence-corrected chi connectivity index (χ3v) is 5.37. The highest BCUT2D eigenvalue weighted by Gasteiger charge is 2.26. The minimum absolute atomic E-state index is 0.0232. The lowest BCUT2D eigenvalue weighted by Crippen LogP contribution is -2.34. The van der Waals surface area contributed by atoms with Crippen LogP contribution in [0.4, 0.5) is 0 Å². The first kappa shape index (κ1) is 16.1. The second kappa shape index (κ2) is 6.64. The molecule has 1 unspecified atom stereocenters. The Kier molecular flexibility index (Phi) is 5.08. The summed E-state index contributed by atoms with van der Waals surface area (Å²) in [4.78, 5) is 0.181. The predicted octanol–water partition coefficient (Wildman–Crippen LogP) is 1.50. The van der Waals surface area contributed by atoms with Crippen LogP contribution in [-0.2, 0) is 14.8 Å². The van der Waals surface area contributed by atoms with Crippen LogP contribution < -0.4 is 9.47 Å². The van der Waals surface area contributed by atoms with Crippen molar-refractivity contribution < 1.29 is 22.6 Å². The molecule has 1 saturated heterocycles. The van der Waals surface area contributed by atoms with Crippen molar-refractivity contribution in [1.82, 2.24) is 4.31 Å². The van der Waals surface area contributed by atoms with Crippen molar-refractivity contribution in [2.24, 2.45) is 0 Å². The molecule has 118 valence electrons. The molecule has 1 fully saturated rings. The van der Waals surface area contributed by atoms with Crippen LogP contribution in [0.15, 0.2) is 23.1 Å². The Labute approximate surface area is 125 Å². The van der Waals surface area contributed by atoms with Gasteiger partial charge in [0.25, 0.3) is 0 Å². The summed E-state index contributed by atoms with van der Waals surface area (Å²) in [5.74, 6) is 0.891. The minimum Gasteiger partial charge on any atom is -0.493 e. The predicted molar refractivity (Wildman–Crippen MR) is 78.3 cm³/mol. The number of hydrogen-bond donors (Lipinski definition) is 0. The van der Waals surface area contributed by atoms with Crippen molar-refractivity contribution in [1.29, 1.82) is 0 Å². The second-order valence-electron chi connectivity index (χ2n) is 4.94. The molecule has 2 rings (SSSR count). The molecule has 0 bridgehead atoms. The zero-order valence-corrected chi connectivity index (χ0v) is 13.4. The van der Waals surface area contributed by atoms with Crippen LogP contribution in [-0.4, -0.2) is 53.2 Å².